The zero-order valence-electron chi connectivity index (χ0n) is 12.1. The quantitative estimate of drug-likeness (QED) is 0.769. The number of nitrogens with zero attached hydrogens (tertiary/aromatic N) is 1. The summed E-state index contributed by atoms with van der Waals surface area (Å²) in [7, 11) is 2.23. The van der Waals surface area contributed by atoms with E-state index in [4.69, 9.17) is 5.73 Å². The normalized spacial score (nSPS) is 20.6. The van der Waals surface area contributed by atoms with E-state index in [1.54, 1.807) is 0 Å². The van der Waals surface area contributed by atoms with E-state index in [-0.39, 0.29) is 0 Å². The van der Waals surface area contributed by atoms with Crippen LogP contribution in [0.5, 0.6) is 0 Å². The number of likely N-dealkylation sites (tertiary alicyclic amines) is 1. The predicted molar refractivity (Wildman–Crippen MR) is 80.9 cm³/mol. The fourth-order valence-electron chi connectivity index (χ4n) is 2.84. The molecule has 1 aliphatic rings. The van der Waals surface area contributed by atoms with Gasteiger partial charge in [-0.05, 0) is 56.4 Å². The number of benzene rings is 1. The van der Waals surface area contributed by atoms with Gasteiger partial charge in [-0.3, -0.25) is 0 Å². The Labute approximate surface area is 117 Å². The molecule has 2 rings (SSSR count). The van der Waals surface area contributed by atoms with E-state index in [0.29, 0.717) is 6.54 Å². The number of piperidine rings is 1. The summed E-state index contributed by atoms with van der Waals surface area (Å²) in [5.41, 5.74) is 8.14. The van der Waals surface area contributed by atoms with Crippen LogP contribution >= 0.6 is 0 Å². The van der Waals surface area contributed by atoms with Crippen LogP contribution in [0.4, 0.5) is 0 Å². The van der Waals surface area contributed by atoms with E-state index in [9.17, 15) is 0 Å². The molecule has 1 aromatic rings. The molecule has 106 valence electrons. The number of hydrogen-bond donors (Lipinski definition) is 2. The van der Waals surface area contributed by atoms with Crippen molar-refractivity contribution in [2.45, 2.75) is 32.4 Å². The van der Waals surface area contributed by atoms with Gasteiger partial charge in [0.05, 0.1) is 0 Å². The third-order valence-corrected chi connectivity index (χ3v) is 4.04. The van der Waals surface area contributed by atoms with Gasteiger partial charge in [0.15, 0.2) is 0 Å². The molecule has 0 radical (unpaired) electrons. The molecular weight excluding hydrogens is 234 g/mol. The average molecular weight is 261 g/mol. The van der Waals surface area contributed by atoms with Crippen LogP contribution in [-0.2, 0) is 13.1 Å². The topological polar surface area (TPSA) is 41.3 Å². The van der Waals surface area contributed by atoms with Crippen LogP contribution in [0.1, 0.15) is 30.4 Å². The van der Waals surface area contributed by atoms with Gasteiger partial charge < -0.3 is 16.0 Å². The fraction of sp³-hybridized carbons (Fsp3) is 0.625. The molecule has 3 N–H and O–H groups in total. The van der Waals surface area contributed by atoms with E-state index in [1.165, 1.54) is 43.5 Å². The number of rotatable bonds is 6. The van der Waals surface area contributed by atoms with Gasteiger partial charge in [-0.2, -0.15) is 0 Å². The van der Waals surface area contributed by atoms with Gasteiger partial charge in [-0.15, -0.1) is 0 Å². The Hall–Kier alpha value is -0.900. The number of nitrogens with one attached hydrogen (secondary N) is 1. The Morgan fingerprint density at radius 3 is 2.68 bits per heavy atom. The summed E-state index contributed by atoms with van der Waals surface area (Å²) in [5.74, 6) is 0.880. The lowest BCUT2D eigenvalue weighted by Gasteiger charge is -2.29. The third-order valence-electron chi connectivity index (χ3n) is 4.04. The van der Waals surface area contributed by atoms with E-state index in [1.807, 2.05) is 0 Å². The minimum absolute atomic E-state index is 0.628. The van der Waals surface area contributed by atoms with Gasteiger partial charge in [0.2, 0.25) is 0 Å². The lowest BCUT2D eigenvalue weighted by atomic mass is 9.95. The maximum atomic E-state index is 5.60. The highest BCUT2D eigenvalue weighted by Crippen LogP contribution is 2.17. The highest BCUT2D eigenvalue weighted by molar-refractivity contribution is 5.22. The van der Waals surface area contributed by atoms with Crippen molar-refractivity contribution in [1.29, 1.82) is 0 Å². The summed E-state index contributed by atoms with van der Waals surface area (Å²) >= 11 is 0. The predicted octanol–water partition coefficient (Wildman–Crippen LogP) is 1.97. The Kier molecular flexibility index (Phi) is 5.83. The molecule has 0 amide bonds. The van der Waals surface area contributed by atoms with Gasteiger partial charge in [0, 0.05) is 19.6 Å². The maximum Gasteiger partial charge on any atom is 0.0205 e. The van der Waals surface area contributed by atoms with Crippen molar-refractivity contribution < 1.29 is 0 Å². The first kappa shape index (κ1) is 14.5. The van der Waals surface area contributed by atoms with Gasteiger partial charge >= 0.3 is 0 Å². The minimum Gasteiger partial charge on any atom is -0.326 e. The molecule has 0 spiro atoms. The molecule has 1 atom stereocenters. The summed E-state index contributed by atoms with van der Waals surface area (Å²) in [6.07, 6.45) is 4.06. The molecule has 3 nitrogen and oxygen atoms in total. The molecule has 3 heteroatoms. The molecule has 0 saturated carbocycles. The Morgan fingerprint density at radius 1 is 1.26 bits per heavy atom. The highest BCUT2D eigenvalue weighted by Gasteiger charge is 2.16. The lowest BCUT2D eigenvalue weighted by Crippen LogP contribution is -2.33. The van der Waals surface area contributed by atoms with Crippen molar-refractivity contribution in [2.24, 2.45) is 11.7 Å². The van der Waals surface area contributed by atoms with Crippen molar-refractivity contribution in [3.63, 3.8) is 0 Å². The minimum atomic E-state index is 0.628. The second-order valence-corrected chi connectivity index (χ2v) is 5.76. The summed E-state index contributed by atoms with van der Waals surface area (Å²) in [6, 6.07) is 8.58. The molecule has 0 aliphatic carbocycles. The van der Waals surface area contributed by atoms with Crippen molar-refractivity contribution in [3.05, 3.63) is 35.4 Å². The van der Waals surface area contributed by atoms with Crippen LogP contribution in [-0.4, -0.2) is 31.6 Å². The molecular formula is C16H27N3. The monoisotopic (exact) mass is 261 g/mol. The van der Waals surface area contributed by atoms with Crippen LogP contribution in [0, 0.1) is 5.92 Å². The fourth-order valence-corrected chi connectivity index (χ4v) is 2.84. The summed E-state index contributed by atoms with van der Waals surface area (Å²) in [6.45, 7) is 5.26. The smallest absolute Gasteiger partial charge is 0.0205 e. The summed E-state index contributed by atoms with van der Waals surface area (Å²) in [4.78, 5) is 2.46. The molecule has 1 saturated heterocycles. The van der Waals surface area contributed by atoms with Crippen molar-refractivity contribution in [2.75, 3.05) is 26.7 Å². The van der Waals surface area contributed by atoms with Crippen molar-refractivity contribution >= 4 is 0 Å². The molecule has 1 fully saturated rings. The van der Waals surface area contributed by atoms with Crippen LogP contribution in [0.25, 0.3) is 0 Å². The molecule has 1 unspecified atom stereocenters. The summed E-state index contributed by atoms with van der Waals surface area (Å²) < 4.78 is 0. The largest absolute Gasteiger partial charge is 0.326 e. The molecule has 1 aliphatic heterocycles. The molecule has 1 aromatic carbocycles. The van der Waals surface area contributed by atoms with Crippen LogP contribution in [0.2, 0.25) is 0 Å². The molecule has 0 bridgehead atoms. The standard InChI is InChI=1S/C16H27N3/c1-19-10-2-3-16(13-19)8-9-18-12-15-6-4-14(11-17)5-7-15/h4-7,16,18H,2-3,8-13,17H2,1H3. The number of hydrogen-bond acceptors (Lipinski definition) is 3. The highest BCUT2D eigenvalue weighted by atomic mass is 15.1. The second kappa shape index (κ2) is 7.63. The second-order valence-electron chi connectivity index (χ2n) is 5.76. The SMILES string of the molecule is CN1CCCC(CCNCc2ccc(CN)cc2)C1. The van der Waals surface area contributed by atoms with Crippen molar-refractivity contribution in [3.8, 4) is 0 Å². The zero-order valence-corrected chi connectivity index (χ0v) is 12.1. The van der Waals surface area contributed by atoms with Gasteiger partial charge in [0.1, 0.15) is 0 Å². The Bertz CT molecular complexity index is 361. The van der Waals surface area contributed by atoms with E-state index >= 15 is 0 Å². The number of nitrogens with two attached hydrogens (primary N) is 1. The lowest BCUT2D eigenvalue weighted by molar-refractivity contribution is 0.201. The first-order valence-electron chi connectivity index (χ1n) is 7.45. The molecule has 0 aromatic heterocycles. The average Bonchev–Trinajstić information content (AvgIpc) is 2.44. The van der Waals surface area contributed by atoms with E-state index < -0.39 is 0 Å². The zero-order chi connectivity index (χ0) is 13.5. The first-order chi connectivity index (χ1) is 9.28. The van der Waals surface area contributed by atoms with Gasteiger partial charge in [0.25, 0.3) is 0 Å². The van der Waals surface area contributed by atoms with E-state index in [0.717, 1.165) is 19.0 Å². The Balaban J connectivity index is 1.63. The van der Waals surface area contributed by atoms with Crippen LogP contribution < -0.4 is 11.1 Å². The molecule has 1 heterocycles. The molecule has 19 heavy (non-hydrogen) atoms. The van der Waals surface area contributed by atoms with Crippen LogP contribution in [0.3, 0.4) is 0 Å². The first-order valence-corrected chi connectivity index (χ1v) is 7.45. The van der Waals surface area contributed by atoms with Gasteiger partial charge in [-0.25, -0.2) is 0 Å². The van der Waals surface area contributed by atoms with Crippen LogP contribution in [0.15, 0.2) is 24.3 Å². The Morgan fingerprint density at radius 2 is 2.00 bits per heavy atom. The third kappa shape index (κ3) is 4.94. The van der Waals surface area contributed by atoms with Gasteiger partial charge in [-0.1, -0.05) is 24.3 Å². The van der Waals surface area contributed by atoms with E-state index in [2.05, 4.69) is 41.5 Å². The summed E-state index contributed by atoms with van der Waals surface area (Å²) in [5, 5.41) is 3.55. The van der Waals surface area contributed by atoms with Crippen molar-refractivity contribution in [1.82, 2.24) is 10.2 Å². The maximum absolute atomic E-state index is 5.60.